The molecule has 0 aromatic heterocycles. The third-order valence-electron chi connectivity index (χ3n) is 4.39. The van der Waals surface area contributed by atoms with E-state index in [1.54, 1.807) is 4.90 Å². The topological polar surface area (TPSA) is 49.4 Å². The molecule has 1 saturated heterocycles. The minimum absolute atomic E-state index is 0.0221. The molecule has 0 unspecified atom stereocenters. The second kappa shape index (κ2) is 7.34. The summed E-state index contributed by atoms with van der Waals surface area (Å²) in [7, 11) is 0. The van der Waals surface area contributed by atoms with Crippen molar-refractivity contribution in [1.29, 1.82) is 0 Å². The van der Waals surface area contributed by atoms with Crippen LogP contribution in [-0.4, -0.2) is 47.4 Å². The third-order valence-corrected chi connectivity index (χ3v) is 5.09. The number of hydrogen-bond donors (Lipinski definition) is 1. The molecule has 1 heterocycles. The van der Waals surface area contributed by atoms with E-state index in [0.717, 1.165) is 45.1 Å². The van der Waals surface area contributed by atoms with Crippen LogP contribution >= 0.6 is 11.8 Å². The Hall–Kier alpha value is -0.710. The lowest BCUT2D eigenvalue weighted by Crippen LogP contribution is -2.65. The molecule has 1 saturated carbocycles. The molecule has 1 N–H and O–H groups in total. The van der Waals surface area contributed by atoms with Gasteiger partial charge in [0.05, 0.1) is 6.54 Å². The second-order valence-electron chi connectivity index (χ2n) is 5.97. The Kier molecular flexibility index (Phi) is 5.75. The lowest BCUT2D eigenvalue weighted by atomic mass is 9.93. The predicted octanol–water partition coefficient (Wildman–Crippen LogP) is 2.18. The van der Waals surface area contributed by atoms with Crippen molar-refractivity contribution in [2.75, 3.05) is 25.1 Å². The van der Waals surface area contributed by atoms with Gasteiger partial charge in [0.1, 0.15) is 5.54 Å². The van der Waals surface area contributed by atoms with Gasteiger partial charge >= 0.3 is 0 Å². The maximum atomic E-state index is 12.6. The van der Waals surface area contributed by atoms with Crippen LogP contribution in [0.2, 0.25) is 0 Å². The molecule has 1 spiro atoms. The maximum Gasteiger partial charge on any atom is 0.248 e. The summed E-state index contributed by atoms with van der Waals surface area (Å²) >= 11 is 1.88. The van der Waals surface area contributed by atoms with E-state index in [4.69, 9.17) is 0 Å². The fourth-order valence-corrected chi connectivity index (χ4v) is 3.80. The van der Waals surface area contributed by atoms with E-state index < -0.39 is 5.54 Å². The highest BCUT2D eigenvalue weighted by atomic mass is 32.2. The number of nitrogens with one attached hydrogen (secondary N) is 1. The molecule has 4 nitrogen and oxygen atoms in total. The molecule has 2 aliphatic rings. The first kappa shape index (κ1) is 15.7. The van der Waals surface area contributed by atoms with Crippen LogP contribution in [0.4, 0.5) is 0 Å². The van der Waals surface area contributed by atoms with Crippen molar-refractivity contribution in [2.45, 2.75) is 56.9 Å². The summed E-state index contributed by atoms with van der Waals surface area (Å²) in [5.74, 6) is 1.40. The number of amides is 2. The van der Waals surface area contributed by atoms with E-state index in [9.17, 15) is 9.59 Å². The number of carbonyl (C=O) groups is 2. The van der Waals surface area contributed by atoms with E-state index >= 15 is 0 Å². The number of unbranched alkanes of at least 4 members (excludes halogenated alkanes) is 3. The van der Waals surface area contributed by atoms with Gasteiger partial charge in [0.25, 0.3) is 0 Å². The Morgan fingerprint density at radius 1 is 1.15 bits per heavy atom. The SMILES string of the molecule is CSCCCCCCN1CC(=O)NC2(CCCC2)C1=O. The molecule has 0 aromatic rings. The molecule has 2 rings (SSSR count). The molecule has 2 fully saturated rings. The molecule has 0 aromatic carbocycles. The Morgan fingerprint density at radius 3 is 2.55 bits per heavy atom. The lowest BCUT2D eigenvalue weighted by Gasteiger charge is -2.39. The van der Waals surface area contributed by atoms with Gasteiger partial charge in [-0.15, -0.1) is 0 Å². The average Bonchev–Trinajstić information content (AvgIpc) is 2.88. The van der Waals surface area contributed by atoms with Crippen molar-refractivity contribution in [1.82, 2.24) is 10.2 Å². The normalized spacial score (nSPS) is 21.6. The van der Waals surface area contributed by atoms with Gasteiger partial charge in [-0.05, 0) is 37.7 Å². The van der Waals surface area contributed by atoms with Crippen molar-refractivity contribution >= 4 is 23.6 Å². The van der Waals surface area contributed by atoms with Gasteiger partial charge < -0.3 is 10.2 Å². The number of rotatable bonds is 7. The molecular formula is C15H26N2O2S. The summed E-state index contributed by atoms with van der Waals surface area (Å²) in [6.45, 7) is 0.999. The first-order valence-electron chi connectivity index (χ1n) is 7.77. The smallest absolute Gasteiger partial charge is 0.248 e. The standard InChI is InChI=1S/C15H26N2O2S/c1-20-11-7-3-2-6-10-17-12-13(18)16-15(14(17)19)8-4-5-9-15/h2-12H2,1H3,(H,16,18). The zero-order valence-electron chi connectivity index (χ0n) is 12.5. The first-order valence-corrected chi connectivity index (χ1v) is 9.17. The molecule has 0 radical (unpaired) electrons. The summed E-state index contributed by atoms with van der Waals surface area (Å²) in [6, 6.07) is 0. The zero-order chi connectivity index (χ0) is 14.4. The molecule has 1 aliphatic carbocycles. The van der Waals surface area contributed by atoms with Crippen molar-refractivity contribution in [3.8, 4) is 0 Å². The van der Waals surface area contributed by atoms with Gasteiger partial charge in [-0.25, -0.2) is 0 Å². The number of carbonyl (C=O) groups excluding carboxylic acids is 2. The minimum Gasteiger partial charge on any atom is -0.340 e. The van der Waals surface area contributed by atoms with Gasteiger partial charge in [-0.2, -0.15) is 11.8 Å². The Bertz CT molecular complexity index is 354. The highest BCUT2D eigenvalue weighted by Crippen LogP contribution is 2.33. The van der Waals surface area contributed by atoms with Crippen LogP contribution in [0.15, 0.2) is 0 Å². The van der Waals surface area contributed by atoms with Crippen molar-refractivity contribution < 1.29 is 9.59 Å². The van der Waals surface area contributed by atoms with Gasteiger partial charge in [0.2, 0.25) is 11.8 Å². The van der Waals surface area contributed by atoms with E-state index in [2.05, 4.69) is 11.6 Å². The Balaban J connectivity index is 1.78. The molecular weight excluding hydrogens is 272 g/mol. The molecule has 2 amide bonds. The molecule has 1 aliphatic heterocycles. The third kappa shape index (κ3) is 3.68. The van der Waals surface area contributed by atoms with E-state index in [1.165, 1.54) is 18.6 Å². The van der Waals surface area contributed by atoms with Crippen LogP contribution in [0, 0.1) is 0 Å². The fourth-order valence-electron chi connectivity index (χ4n) is 3.31. The van der Waals surface area contributed by atoms with Crippen LogP contribution in [-0.2, 0) is 9.59 Å². The van der Waals surface area contributed by atoms with Crippen LogP contribution in [0.3, 0.4) is 0 Å². The number of thioether (sulfide) groups is 1. The fraction of sp³-hybridized carbons (Fsp3) is 0.867. The Morgan fingerprint density at radius 2 is 1.85 bits per heavy atom. The van der Waals surface area contributed by atoms with Crippen LogP contribution in [0.5, 0.6) is 0 Å². The van der Waals surface area contributed by atoms with Crippen molar-refractivity contribution in [3.05, 3.63) is 0 Å². The van der Waals surface area contributed by atoms with Gasteiger partial charge in [-0.3, -0.25) is 9.59 Å². The average molecular weight is 298 g/mol. The highest BCUT2D eigenvalue weighted by Gasteiger charge is 2.47. The maximum absolute atomic E-state index is 12.6. The van der Waals surface area contributed by atoms with Gasteiger partial charge in [0.15, 0.2) is 0 Å². The first-order chi connectivity index (χ1) is 9.68. The van der Waals surface area contributed by atoms with Crippen LogP contribution in [0.25, 0.3) is 0 Å². The summed E-state index contributed by atoms with van der Waals surface area (Å²) in [6.07, 6.45) is 10.5. The molecule has 0 bridgehead atoms. The lowest BCUT2D eigenvalue weighted by molar-refractivity contribution is -0.149. The van der Waals surface area contributed by atoms with Crippen LogP contribution in [0.1, 0.15) is 51.4 Å². The second-order valence-corrected chi connectivity index (χ2v) is 6.96. The van der Waals surface area contributed by atoms with Gasteiger partial charge in [0, 0.05) is 6.54 Å². The minimum atomic E-state index is -0.547. The summed E-state index contributed by atoms with van der Waals surface area (Å²) in [5, 5.41) is 2.96. The van der Waals surface area contributed by atoms with E-state index in [0.29, 0.717) is 0 Å². The van der Waals surface area contributed by atoms with E-state index in [-0.39, 0.29) is 18.4 Å². The monoisotopic (exact) mass is 298 g/mol. The van der Waals surface area contributed by atoms with Gasteiger partial charge in [-0.1, -0.05) is 25.7 Å². The Labute approximate surface area is 126 Å². The van der Waals surface area contributed by atoms with Crippen LogP contribution < -0.4 is 5.32 Å². The summed E-state index contributed by atoms with van der Waals surface area (Å²) in [4.78, 5) is 26.2. The number of hydrogen-bond acceptors (Lipinski definition) is 3. The quantitative estimate of drug-likeness (QED) is 0.733. The molecule has 0 atom stereocenters. The summed E-state index contributed by atoms with van der Waals surface area (Å²) < 4.78 is 0. The molecule has 5 heteroatoms. The largest absolute Gasteiger partial charge is 0.340 e. The molecule has 20 heavy (non-hydrogen) atoms. The number of piperazine rings is 1. The van der Waals surface area contributed by atoms with Crippen molar-refractivity contribution in [2.24, 2.45) is 0 Å². The summed E-state index contributed by atoms with van der Waals surface area (Å²) in [5.41, 5.74) is -0.547. The highest BCUT2D eigenvalue weighted by molar-refractivity contribution is 7.98. The predicted molar refractivity (Wildman–Crippen MR) is 82.8 cm³/mol. The van der Waals surface area contributed by atoms with Crippen molar-refractivity contribution in [3.63, 3.8) is 0 Å². The van der Waals surface area contributed by atoms with E-state index in [1.807, 2.05) is 11.8 Å². The molecule has 114 valence electrons. The number of nitrogens with zero attached hydrogens (tertiary/aromatic N) is 1. The zero-order valence-corrected chi connectivity index (χ0v) is 13.3.